The van der Waals surface area contributed by atoms with Crippen LogP contribution in [0.3, 0.4) is 0 Å². The molecule has 3 unspecified atom stereocenters. The summed E-state index contributed by atoms with van der Waals surface area (Å²) in [4.78, 5) is 0. The summed E-state index contributed by atoms with van der Waals surface area (Å²) in [5, 5.41) is 12.0. The maximum atomic E-state index is 4.25. The van der Waals surface area contributed by atoms with E-state index in [1.807, 2.05) is 11.6 Å². The molecule has 0 saturated heterocycles. The van der Waals surface area contributed by atoms with Gasteiger partial charge >= 0.3 is 0 Å². The molecule has 4 heteroatoms. The summed E-state index contributed by atoms with van der Waals surface area (Å²) in [7, 11) is 1.98. The third kappa shape index (κ3) is 2.80. The Morgan fingerprint density at radius 3 is 2.76 bits per heavy atom. The fourth-order valence-electron chi connectivity index (χ4n) is 3.32. The zero-order chi connectivity index (χ0) is 14.8. The minimum Gasteiger partial charge on any atom is -0.381 e. The van der Waals surface area contributed by atoms with Crippen LogP contribution in [0.2, 0.25) is 0 Å². The zero-order valence-corrected chi connectivity index (χ0v) is 13.1. The van der Waals surface area contributed by atoms with E-state index in [4.69, 9.17) is 0 Å². The Balaban J connectivity index is 1.88. The third-order valence-electron chi connectivity index (χ3n) is 4.93. The smallest absolute Gasteiger partial charge is 0.165 e. The molecule has 1 aromatic carbocycles. The summed E-state index contributed by atoms with van der Waals surface area (Å²) in [6, 6.07) is 8.95. The highest BCUT2D eigenvalue weighted by Gasteiger charge is 2.27. The number of benzene rings is 1. The highest BCUT2D eigenvalue weighted by atomic mass is 15.2. The van der Waals surface area contributed by atoms with Crippen molar-refractivity contribution in [1.82, 2.24) is 14.8 Å². The fraction of sp³-hybridized carbons (Fsp3) is 0.529. The second-order valence-corrected chi connectivity index (χ2v) is 6.33. The van der Waals surface area contributed by atoms with Crippen molar-refractivity contribution >= 4 is 5.69 Å². The molecule has 1 saturated carbocycles. The first-order valence-electron chi connectivity index (χ1n) is 7.86. The van der Waals surface area contributed by atoms with Gasteiger partial charge in [0.05, 0.1) is 0 Å². The molecule has 0 spiro atoms. The number of hydrogen-bond acceptors (Lipinski definition) is 3. The van der Waals surface area contributed by atoms with Crippen LogP contribution in [0.5, 0.6) is 0 Å². The van der Waals surface area contributed by atoms with Gasteiger partial charge in [0.25, 0.3) is 0 Å². The lowest BCUT2D eigenvalue weighted by Gasteiger charge is -2.35. The predicted molar refractivity (Wildman–Crippen MR) is 86.0 cm³/mol. The van der Waals surface area contributed by atoms with Crippen molar-refractivity contribution in [1.29, 1.82) is 0 Å². The number of anilines is 1. The van der Waals surface area contributed by atoms with Crippen molar-refractivity contribution in [3.05, 3.63) is 30.6 Å². The fourth-order valence-corrected chi connectivity index (χ4v) is 3.32. The van der Waals surface area contributed by atoms with Crippen molar-refractivity contribution in [3.63, 3.8) is 0 Å². The molecule has 3 rings (SSSR count). The van der Waals surface area contributed by atoms with E-state index in [9.17, 15) is 0 Å². The Morgan fingerprint density at radius 1 is 1.19 bits per heavy atom. The van der Waals surface area contributed by atoms with E-state index in [0.717, 1.165) is 17.3 Å². The molecule has 0 amide bonds. The average Bonchev–Trinajstić information content (AvgIpc) is 2.90. The van der Waals surface area contributed by atoms with Gasteiger partial charge in [-0.25, -0.2) is 0 Å². The Bertz CT molecular complexity index is 604. The molecule has 21 heavy (non-hydrogen) atoms. The van der Waals surface area contributed by atoms with Crippen molar-refractivity contribution in [2.75, 3.05) is 5.32 Å². The molecule has 1 aliphatic rings. The molecule has 0 bridgehead atoms. The standard InChI is InChI=1S/C17H24N4/c1-12-7-6-10-15(13(12)2)19-16-9-5-4-8-14(16)17-20-18-11-21(17)3/h4-5,8-9,11-13,15,19H,6-7,10H2,1-3H3. The van der Waals surface area contributed by atoms with E-state index < -0.39 is 0 Å². The molecule has 1 heterocycles. The second kappa shape index (κ2) is 5.88. The SMILES string of the molecule is CC1CCCC(Nc2ccccc2-c2nncn2C)C1C. The van der Waals surface area contributed by atoms with E-state index in [1.165, 1.54) is 24.9 Å². The molecule has 0 aliphatic heterocycles. The van der Waals surface area contributed by atoms with Gasteiger partial charge in [-0.1, -0.05) is 38.8 Å². The van der Waals surface area contributed by atoms with Crippen LogP contribution in [0.1, 0.15) is 33.1 Å². The summed E-state index contributed by atoms with van der Waals surface area (Å²) >= 11 is 0. The normalized spacial score (nSPS) is 25.8. The highest BCUT2D eigenvalue weighted by molar-refractivity contribution is 5.73. The summed E-state index contributed by atoms with van der Waals surface area (Å²) < 4.78 is 1.97. The van der Waals surface area contributed by atoms with Crippen molar-refractivity contribution < 1.29 is 0 Å². The summed E-state index contributed by atoms with van der Waals surface area (Å²) in [5.41, 5.74) is 2.29. The van der Waals surface area contributed by atoms with E-state index in [-0.39, 0.29) is 0 Å². The lowest BCUT2D eigenvalue weighted by molar-refractivity contribution is 0.253. The number of rotatable bonds is 3. The third-order valence-corrected chi connectivity index (χ3v) is 4.93. The van der Waals surface area contributed by atoms with Gasteiger partial charge in [-0.2, -0.15) is 0 Å². The molecule has 1 fully saturated rings. The van der Waals surface area contributed by atoms with Gasteiger partial charge in [0.2, 0.25) is 0 Å². The van der Waals surface area contributed by atoms with Crippen LogP contribution in [0.25, 0.3) is 11.4 Å². The van der Waals surface area contributed by atoms with Crippen LogP contribution in [0.4, 0.5) is 5.69 Å². The van der Waals surface area contributed by atoms with E-state index in [0.29, 0.717) is 12.0 Å². The summed E-state index contributed by atoms with van der Waals surface area (Å²) in [6.07, 6.45) is 5.66. The number of hydrogen-bond donors (Lipinski definition) is 1. The Hall–Kier alpha value is -1.84. The number of nitrogens with one attached hydrogen (secondary N) is 1. The molecule has 1 aliphatic carbocycles. The Labute approximate surface area is 126 Å². The number of para-hydroxylation sites is 1. The van der Waals surface area contributed by atoms with Gasteiger partial charge in [-0.15, -0.1) is 10.2 Å². The molecule has 3 atom stereocenters. The Kier molecular flexibility index (Phi) is 3.95. The quantitative estimate of drug-likeness (QED) is 0.934. The second-order valence-electron chi connectivity index (χ2n) is 6.33. The van der Waals surface area contributed by atoms with Crippen LogP contribution in [0, 0.1) is 11.8 Å². The van der Waals surface area contributed by atoms with E-state index in [2.05, 4.69) is 53.6 Å². The van der Waals surface area contributed by atoms with Crippen LogP contribution >= 0.6 is 0 Å². The maximum Gasteiger partial charge on any atom is 0.165 e. The first kappa shape index (κ1) is 14.1. The van der Waals surface area contributed by atoms with Crippen LogP contribution in [-0.2, 0) is 7.05 Å². The molecule has 0 radical (unpaired) electrons. The maximum absolute atomic E-state index is 4.25. The highest BCUT2D eigenvalue weighted by Crippen LogP contribution is 2.34. The van der Waals surface area contributed by atoms with E-state index in [1.54, 1.807) is 6.33 Å². The van der Waals surface area contributed by atoms with Crippen molar-refractivity contribution in [2.45, 2.75) is 39.2 Å². The predicted octanol–water partition coefficient (Wildman–Crippen LogP) is 3.72. The molecule has 2 aromatic rings. The lowest BCUT2D eigenvalue weighted by Crippen LogP contribution is -2.35. The van der Waals surface area contributed by atoms with Crippen LogP contribution in [-0.4, -0.2) is 20.8 Å². The number of aryl methyl sites for hydroxylation is 1. The number of nitrogens with zero attached hydrogens (tertiary/aromatic N) is 3. The van der Waals surface area contributed by atoms with Gasteiger partial charge in [-0.05, 0) is 30.4 Å². The Morgan fingerprint density at radius 2 is 2.00 bits per heavy atom. The molecule has 112 valence electrons. The summed E-state index contributed by atoms with van der Waals surface area (Å²) in [6.45, 7) is 4.74. The largest absolute Gasteiger partial charge is 0.381 e. The first-order chi connectivity index (χ1) is 10.2. The monoisotopic (exact) mass is 284 g/mol. The van der Waals surface area contributed by atoms with Gasteiger partial charge < -0.3 is 9.88 Å². The van der Waals surface area contributed by atoms with Crippen LogP contribution in [0.15, 0.2) is 30.6 Å². The van der Waals surface area contributed by atoms with Gasteiger partial charge in [-0.3, -0.25) is 0 Å². The number of aromatic nitrogens is 3. The van der Waals surface area contributed by atoms with Gasteiger partial charge in [0, 0.05) is 24.3 Å². The molecule has 1 aromatic heterocycles. The topological polar surface area (TPSA) is 42.7 Å². The van der Waals surface area contributed by atoms with Crippen LogP contribution < -0.4 is 5.32 Å². The van der Waals surface area contributed by atoms with Gasteiger partial charge in [0.15, 0.2) is 5.82 Å². The van der Waals surface area contributed by atoms with Crippen molar-refractivity contribution in [2.24, 2.45) is 18.9 Å². The first-order valence-corrected chi connectivity index (χ1v) is 7.86. The molecule has 1 N–H and O–H groups in total. The molecular formula is C17H24N4. The average molecular weight is 284 g/mol. The van der Waals surface area contributed by atoms with Gasteiger partial charge in [0.1, 0.15) is 6.33 Å². The lowest BCUT2D eigenvalue weighted by atomic mass is 9.78. The summed E-state index contributed by atoms with van der Waals surface area (Å²) in [5.74, 6) is 2.40. The van der Waals surface area contributed by atoms with E-state index >= 15 is 0 Å². The minimum absolute atomic E-state index is 0.545. The zero-order valence-electron chi connectivity index (χ0n) is 13.1. The molecular weight excluding hydrogens is 260 g/mol. The molecule has 4 nitrogen and oxygen atoms in total. The minimum atomic E-state index is 0.545. The van der Waals surface area contributed by atoms with Crippen molar-refractivity contribution in [3.8, 4) is 11.4 Å².